The molecule has 2 aliphatic heterocycles. The molecule has 1 aromatic rings. The second-order valence-corrected chi connectivity index (χ2v) is 7.12. The zero-order valence-electron chi connectivity index (χ0n) is 14.9. The zero-order valence-corrected chi connectivity index (χ0v) is 15.6. The SMILES string of the molecule is CN(C)C1(CNC(=O)Nc2cc(Cl)c3c(c2)NC(=O)CO3)CCOCC1. The van der Waals surface area contributed by atoms with Crippen LogP contribution in [0.5, 0.6) is 5.75 Å². The van der Waals surface area contributed by atoms with Gasteiger partial charge in [0.25, 0.3) is 5.91 Å². The van der Waals surface area contributed by atoms with Crippen molar-refractivity contribution in [1.29, 1.82) is 0 Å². The summed E-state index contributed by atoms with van der Waals surface area (Å²) in [7, 11) is 4.02. The molecule has 9 heteroatoms. The molecule has 142 valence electrons. The molecular weight excluding hydrogens is 360 g/mol. The van der Waals surface area contributed by atoms with Crippen LogP contribution in [0.3, 0.4) is 0 Å². The van der Waals surface area contributed by atoms with E-state index in [1.807, 2.05) is 14.1 Å². The highest BCUT2D eigenvalue weighted by Crippen LogP contribution is 2.38. The number of carbonyl (C=O) groups excluding carboxylic acids is 2. The van der Waals surface area contributed by atoms with Crippen LogP contribution in [0.1, 0.15) is 12.8 Å². The quantitative estimate of drug-likeness (QED) is 0.739. The van der Waals surface area contributed by atoms with Gasteiger partial charge in [-0.05, 0) is 39.1 Å². The van der Waals surface area contributed by atoms with Crippen molar-refractivity contribution in [3.8, 4) is 5.75 Å². The first-order valence-electron chi connectivity index (χ1n) is 8.46. The van der Waals surface area contributed by atoms with Crippen molar-refractivity contribution in [3.63, 3.8) is 0 Å². The minimum atomic E-state index is -0.336. The van der Waals surface area contributed by atoms with Crippen LogP contribution in [-0.4, -0.2) is 62.8 Å². The molecule has 0 bridgehead atoms. The second-order valence-electron chi connectivity index (χ2n) is 6.71. The van der Waals surface area contributed by atoms with Crippen molar-refractivity contribution in [2.75, 3.05) is 51.1 Å². The standard InChI is InChI=1S/C17H23ClN4O4/c1-22(2)17(3-5-25-6-4-17)10-19-16(24)20-11-7-12(18)15-13(8-11)21-14(23)9-26-15/h7-8H,3-6,9-10H2,1-2H3,(H,21,23)(H2,19,20,24). The minimum Gasteiger partial charge on any atom is -0.480 e. The zero-order chi connectivity index (χ0) is 18.7. The number of amides is 3. The molecule has 0 aliphatic carbocycles. The Kier molecular flexibility index (Phi) is 5.55. The number of rotatable bonds is 4. The van der Waals surface area contributed by atoms with E-state index in [2.05, 4.69) is 20.9 Å². The average molecular weight is 383 g/mol. The Bertz CT molecular complexity index is 704. The topological polar surface area (TPSA) is 91.9 Å². The Balaban J connectivity index is 1.64. The highest BCUT2D eigenvalue weighted by molar-refractivity contribution is 6.33. The summed E-state index contributed by atoms with van der Waals surface area (Å²) in [5.74, 6) is 0.147. The number of hydrogen-bond donors (Lipinski definition) is 3. The van der Waals surface area contributed by atoms with Crippen LogP contribution in [0.2, 0.25) is 5.02 Å². The lowest BCUT2D eigenvalue weighted by atomic mass is 9.88. The van der Waals surface area contributed by atoms with Crippen molar-refractivity contribution >= 4 is 34.9 Å². The number of halogens is 1. The number of carbonyl (C=O) groups is 2. The Morgan fingerprint density at radius 1 is 1.35 bits per heavy atom. The summed E-state index contributed by atoms with van der Waals surface area (Å²) in [6.45, 7) is 1.80. The Labute approximate surface area is 157 Å². The molecule has 3 N–H and O–H groups in total. The van der Waals surface area contributed by atoms with Crippen molar-refractivity contribution in [1.82, 2.24) is 10.2 Å². The van der Waals surface area contributed by atoms with Crippen molar-refractivity contribution < 1.29 is 19.1 Å². The van der Waals surface area contributed by atoms with Gasteiger partial charge in [-0.25, -0.2) is 4.79 Å². The maximum Gasteiger partial charge on any atom is 0.319 e. The monoisotopic (exact) mass is 382 g/mol. The van der Waals surface area contributed by atoms with E-state index in [0.29, 0.717) is 41.9 Å². The molecule has 1 fully saturated rings. The summed E-state index contributed by atoms with van der Waals surface area (Å²) >= 11 is 6.17. The van der Waals surface area contributed by atoms with Crippen LogP contribution in [0.25, 0.3) is 0 Å². The average Bonchev–Trinajstić information content (AvgIpc) is 2.60. The first kappa shape index (κ1) is 18.8. The number of fused-ring (bicyclic) bond motifs is 1. The molecule has 2 aliphatic rings. The molecule has 0 atom stereocenters. The molecule has 26 heavy (non-hydrogen) atoms. The van der Waals surface area contributed by atoms with Gasteiger partial charge in [-0.3, -0.25) is 4.79 Å². The number of nitrogens with zero attached hydrogens (tertiary/aromatic N) is 1. The van der Waals surface area contributed by atoms with Crippen LogP contribution in [0.4, 0.5) is 16.2 Å². The normalized spacial score (nSPS) is 18.5. The predicted octanol–water partition coefficient (Wildman–Crippen LogP) is 1.90. The number of hydrogen-bond acceptors (Lipinski definition) is 5. The molecule has 0 radical (unpaired) electrons. The van der Waals surface area contributed by atoms with Crippen LogP contribution in [0.15, 0.2) is 12.1 Å². The fourth-order valence-electron chi connectivity index (χ4n) is 3.18. The van der Waals surface area contributed by atoms with Gasteiger partial charge in [0.05, 0.1) is 10.7 Å². The molecule has 2 heterocycles. The van der Waals surface area contributed by atoms with Gasteiger partial charge in [0.2, 0.25) is 0 Å². The van der Waals surface area contributed by atoms with E-state index in [1.54, 1.807) is 12.1 Å². The molecule has 8 nitrogen and oxygen atoms in total. The van der Waals surface area contributed by atoms with E-state index in [0.717, 1.165) is 12.8 Å². The third kappa shape index (κ3) is 4.03. The Morgan fingerprint density at radius 2 is 2.08 bits per heavy atom. The molecular formula is C17H23ClN4O4. The fraction of sp³-hybridized carbons (Fsp3) is 0.529. The lowest BCUT2D eigenvalue weighted by molar-refractivity contribution is -0.118. The summed E-state index contributed by atoms with van der Waals surface area (Å²) in [4.78, 5) is 25.9. The summed E-state index contributed by atoms with van der Waals surface area (Å²) in [5.41, 5.74) is 0.798. The predicted molar refractivity (Wildman–Crippen MR) is 99.1 cm³/mol. The van der Waals surface area contributed by atoms with Crippen LogP contribution < -0.4 is 20.7 Å². The van der Waals surface area contributed by atoms with Crippen LogP contribution >= 0.6 is 11.6 Å². The number of anilines is 2. The first-order valence-corrected chi connectivity index (χ1v) is 8.84. The van der Waals surface area contributed by atoms with Gasteiger partial charge >= 0.3 is 6.03 Å². The van der Waals surface area contributed by atoms with Gasteiger partial charge in [-0.1, -0.05) is 11.6 Å². The number of urea groups is 1. The summed E-state index contributed by atoms with van der Waals surface area (Å²) in [6, 6.07) is 2.87. The molecule has 1 saturated heterocycles. The van der Waals surface area contributed by atoms with E-state index >= 15 is 0 Å². The highest BCUT2D eigenvalue weighted by atomic mass is 35.5. The third-order valence-electron chi connectivity index (χ3n) is 4.87. The van der Waals surface area contributed by atoms with Crippen LogP contribution in [0, 0.1) is 0 Å². The van der Waals surface area contributed by atoms with Gasteiger partial charge < -0.3 is 30.3 Å². The maximum absolute atomic E-state index is 12.3. The van der Waals surface area contributed by atoms with E-state index < -0.39 is 0 Å². The molecule has 0 spiro atoms. The van der Waals surface area contributed by atoms with Gasteiger partial charge in [-0.2, -0.15) is 0 Å². The molecule has 0 aromatic heterocycles. The van der Waals surface area contributed by atoms with E-state index in [4.69, 9.17) is 21.1 Å². The van der Waals surface area contributed by atoms with Crippen LogP contribution in [-0.2, 0) is 9.53 Å². The molecule has 0 saturated carbocycles. The largest absolute Gasteiger partial charge is 0.480 e. The molecule has 0 unspecified atom stereocenters. The lowest BCUT2D eigenvalue weighted by Crippen LogP contribution is -2.56. The number of benzene rings is 1. The molecule has 1 aromatic carbocycles. The number of ether oxygens (including phenoxy) is 2. The Morgan fingerprint density at radius 3 is 2.77 bits per heavy atom. The second kappa shape index (κ2) is 7.69. The molecule has 3 rings (SSSR count). The van der Waals surface area contributed by atoms with Crippen molar-refractivity contribution in [2.45, 2.75) is 18.4 Å². The smallest absolute Gasteiger partial charge is 0.319 e. The fourth-order valence-corrected chi connectivity index (χ4v) is 3.46. The first-order chi connectivity index (χ1) is 12.4. The maximum atomic E-state index is 12.3. The lowest BCUT2D eigenvalue weighted by Gasteiger charge is -2.42. The van der Waals surface area contributed by atoms with Gasteiger partial charge in [-0.15, -0.1) is 0 Å². The van der Waals surface area contributed by atoms with E-state index in [9.17, 15) is 9.59 Å². The summed E-state index contributed by atoms with van der Waals surface area (Å²) < 4.78 is 10.7. The summed E-state index contributed by atoms with van der Waals surface area (Å²) in [5, 5.41) is 8.68. The number of likely N-dealkylation sites (N-methyl/N-ethyl adjacent to an activating group) is 1. The minimum absolute atomic E-state index is 0.0731. The number of nitrogens with one attached hydrogen (secondary N) is 3. The molecule has 3 amide bonds. The van der Waals surface area contributed by atoms with Gasteiger partial charge in [0, 0.05) is 31.0 Å². The van der Waals surface area contributed by atoms with Gasteiger partial charge in [0.1, 0.15) is 0 Å². The third-order valence-corrected chi connectivity index (χ3v) is 5.15. The van der Waals surface area contributed by atoms with Gasteiger partial charge in [0.15, 0.2) is 12.4 Å². The van der Waals surface area contributed by atoms with E-state index in [-0.39, 0.29) is 24.1 Å². The van der Waals surface area contributed by atoms with Crippen molar-refractivity contribution in [2.24, 2.45) is 0 Å². The highest BCUT2D eigenvalue weighted by Gasteiger charge is 2.35. The van der Waals surface area contributed by atoms with Crippen molar-refractivity contribution in [3.05, 3.63) is 17.2 Å². The van der Waals surface area contributed by atoms with E-state index in [1.165, 1.54) is 0 Å². The Hall–Kier alpha value is -2.03. The summed E-state index contributed by atoms with van der Waals surface area (Å²) in [6.07, 6.45) is 1.71.